The Morgan fingerprint density at radius 1 is 1.30 bits per heavy atom. The zero-order valence-electron chi connectivity index (χ0n) is 16.8. The van der Waals surface area contributed by atoms with E-state index in [2.05, 4.69) is 10.3 Å². The van der Waals surface area contributed by atoms with Crippen molar-refractivity contribution in [2.24, 2.45) is 5.92 Å². The molecule has 3 fully saturated rings. The molecule has 0 unspecified atom stereocenters. The summed E-state index contributed by atoms with van der Waals surface area (Å²) in [5.74, 6) is -1.61. The molecule has 0 radical (unpaired) electrons. The first-order valence-corrected chi connectivity index (χ1v) is 11.3. The van der Waals surface area contributed by atoms with Crippen LogP contribution in [0, 0.1) is 5.92 Å². The molecule has 164 valence electrons. The summed E-state index contributed by atoms with van der Waals surface area (Å²) in [5, 5.41) is 2.92. The van der Waals surface area contributed by atoms with Crippen LogP contribution in [0.1, 0.15) is 36.7 Å². The maximum Gasteiger partial charge on any atom is 0.308 e. The van der Waals surface area contributed by atoms with Gasteiger partial charge in [0.1, 0.15) is 11.4 Å². The highest BCUT2D eigenvalue weighted by Crippen LogP contribution is 2.38. The first-order chi connectivity index (χ1) is 14.3. The summed E-state index contributed by atoms with van der Waals surface area (Å²) >= 11 is 1.63. The number of esters is 1. The Bertz CT molecular complexity index is 822. The zero-order chi connectivity index (χ0) is 21.4. The van der Waals surface area contributed by atoms with Crippen LogP contribution in [0.5, 0.6) is 5.88 Å². The third-order valence-electron chi connectivity index (χ3n) is 5.33. The van der Waals surface area contributed by atoms with Crippen LogP contribution in [-0.2, 0) is 9.53 Å². The number of rotatable bonds is 9. The molecule has 2 saturated heterocycles. The lowest BCUT2D eigenvalue weighted by atomic mass is 9.98. The number of aromatic nitrogens is 1. The van der Waals surface area contributed by atoms with Crippen molar-refractivity contribution in [3.05, 3.63) is 17.8 Å². The van der Waals surface area contributed by atoms with Crippen molar-refractivity contribution < 1.29 is 27.8 Å². The highest BCUT2D eigenvalue weighted by Gasteiger charge is 2.45. The summed E-state index contributed by atoms with van der Waals surface area (Å²) in [6.07, 6.45) is 2.25. The molecule has 10 heteroatoms. The summed E-state index contributed by atoms with van der Waals surface area (Å²) in [7, 11) is 0. The topological polar surface area (TPSA) is 80.8 Å². The molecule has 1 saturated carbocycles. The van der Waals surface area contributed by atoms with Gasteiger partial charge in [-0.3, -0.25) is 9.59 Å². The third-order valence-corrected chi connectivity index (χ3v) is 6.85. The molecule has 1 aromatic rings. The standard InChI is InChI=1S/C20H25F2N3O4S/c1-2-28-16(26)7-19(11-30-12-19)24-17(27)14-5-6-15(25-9-20(21,22)10-25)18(23-14)29-8-13-3-4-13/h5-6,13H,2-4,7-12H2,1H3,(H,24,27). The number of alkyl halides is 2. The van der Waals surface area contributed by atoms with Crippen LogP contribution in [0.2, 0.25) is 0 Å². The lowest BCUT2D eigenvalue weighted by molar-refractivity contribution is -0.144. The second-order valence-electron chi connectivity index (χ2n) is 8.20. The minimum Gasteiger partial charge on any atom is -0.476 e. The van der Waals surface area contributed by atoms with Crippen molar-refractivity contribution in [2.75, 3.05) is 42.7 Å². The molecule has 7 nitrogen and oxygen atoms in total. The Morgan fingerprint density at radius 2 is 2.03 bits per heavy atom. The lowest BCUT2D eigenvalue weighted by Gasteiger charge is -2.41. The molecule has 1 aromatic heterocycles. The summed E-state index contributed by atoms with van der Waals surface area (Å²) in [5.41, 5.74) is -0.0429. The van der Waals surface area contributed by atoms with E-state index < -0.39 is 17.4 Å². The molecule has 0 spiro atoms. The van der Waals surface area contributed by atoms with Crippen molar-refractivity contribution in [1.82, 2.24) is 10.3 Å². The van der Waals surface area contributed by atoms with Gasteiger partial charge in [0, 0.05) is 11.5 Å². The number of carbonyl (C=O) groups is 2. The van der Waals surface area contributed by atoms with Crippen LogP contribution in [0.25, 0.3) is 0 Å². The molecule has 0 atom stereocenters. The quantitative estimate of drug-likeness (QED) is 0.590. The minimum atomic E-state index is -2.72. The van der Waals surface area contributed by atoms with E-state index >= 15 is 0 Å². The molecule has 1 N–H and O–H groups in total. The molecule has 3 aliphatic rings. The van der Waals surface area contributed by atoms with Crippen LogP contribution >= 0.6 is 11.8 Å². The van der Waals surface area contributed by atoms with Gasteiger partial charge in [0.15, 0.2) is 0 Å². The Balaban J connectivity index is 1.47. The van der Waals surface area contributed by atoms with Crippen molar-refractivity contribution in [3.8, 4) is 5.88 Å². The smallest absolute Gasteiger partial charge is 0.308 e. The number of hydrogen-bond donors (Lipinski definition) is 1. The fourth-order valence-corrected chi connectivity index (χ4v) is 4.48. The van der Waals surface area contributed by atoms with Crippen molar-refractivity contribution >= 4 is 29.3 Å². The van der Waals surface area contributed by atoms with E-state index in [0.717, 1.165) is 12.8 Å². The predicted molar refractivity (Wildman–Crippen MR) is 108 cm³/mol. The number of carbonyl (C=O) groups excluding carboxylic acids is 2. The number of anilines is 1. The van der Waals surface area contributed by atoms with E-state index in [1.54, 1.807) is 24.8 Å². The van der Waals surface area contributed by atoms with Gasteiger partial charge in [0.25, 0.3) is 11.8 Å². The van der Waals surface area contributed by atoms with Gasteiger partial charge in [-0.25, -0.2) is 13.8 Å². The summed E-state index contributed by atoms with van der Waals surface area (Å²) < 4.78 is 37.4. The fourth-order valence-electron chi connectivity index (χ4n) is 3.43. The number of nitrogens with one attached hydrogen (secondary N) is 1. The maximum absolute atomic E-state index is 13.3. The Labute approximate surface area is 177 Å². The zero-order valence-corrected chi connectivity index (χ0v) is 17.6. The normalized spacial score (nSPS) is 21.2. The van der Waals surface area contributed by atoms with Crippen molar-refractivity contribution in [3.63, 3.8) is 0 Å². The molecule has 2 aliphatic heterocycles. The summed E-state index contributed by atoms with van der Waals surface area (Å²) in [4.78, 5) is 30.6. The van der Waals surface area contributed by atoms with E-state index in [1.807, 2.05) is 0 Å². The van der Waals surface area contributed by atoms with Crippen LogP contribution in [-0.4, -0.2) is 66.1 Å². The van der Waals surface area contributed by atoms with Crippen LogP contribution in [0.3, 0.4) is 0 Å². The second-order valence-corrected chi connectivity index (χ2v) is 9.18. The highest BCUT2D eigenvalue weighted by molar-refractivity contribution is 8.00. The highest BCUT2D eigenvalue weighted by atomic mass is 32.2. The second kappa shape index (κ2) is 8.20. The van der Waals surface area contributed by atoms with E-state index in [1.165, 1.54) is 11.0 Å². The number of amides is 1. The van der Waals surface area contributed by atoms with Crippen LogP contribution in [0.15, 0.2) is 12.1 Å². The Morgan fingerprint density at radius 3 is 2.60 bits per heavy atom. The van der Waals surface area contributed by atoms with E-state index in [-0.39, 0.29) is 43.7 Å². The molecule has 1 aliphatic carbocycles. The molecule has 30 heavy (non-hydrogen) atoms. The first kappa shape index (κ1) is 21.1. The van der Waals surface area contributed by atoms with Gasteiger partial charge in [-0.15, -0.1) is 0 Å². The molecule has 1 amide bonds. The molecular formula is C20H25F2N3O4S. The Hall–Kier alpha value is -2.10. The summed E-state index contributed by atoms with van der Waals surface area (Å²) in [6.45, 7) is 1.70. The van der Waals surface area contributed by atoms with Crippen LogP contribution in [0.4, 0.5) is 14.5 Å². The molecule has 4 rings (SSSR count). The van der Waals surface area contributed by atoms with E-state index in [4.69, 9.17) is 9.47 Å². The number of ether oxygens (including phenoxy) is 2. The van der Waals surface area contributed by atoms with Gasteiger partial charge in [-0.05, 0) is 37.8 Å². The number of halogens is 2. The Kier molecular flexibility index (Phi) is 5.78. The largest absolute Gasteiger partial charge is 0.476 e. The van der Waals surface area contributed by atoms with Crippen molar-refractivity contribution in [1.29, 1.82) is 0 Å². The average Bonchev–Trinajstić information content (AvgIpc) is 3.47. The summed E-state index contributed by atoms with van der Waals surface area (Å²) in [6, 6.07) is 3.11. The third kappa shape index (κ3) is 4.79. The predicted octanol–water partition coefficient (Wildman–Crippen LogP) is 2.49. The van der Waals surface area contributed by atoms with Gasteiger partial charge >= 0.3 is 5.97 Å². The average molecular weight is 442 g/mol. The van der Waals surface area contributed by atoms with Gasteiger partial charge in [0.05, 0.1) is 38.3 Å². The molecule has 0 bridgehead atoms. The SMILES string of the molecule is CCOC(=O)CC1(NC(=O)c2ccc(N3CC(F)(F)C3)c(OCC3CC3)n2)CSC1. The van der Waals surface area contributed by atoms with Gasteiger partial charge < -0.3 is 19.7 Å². The lowest BCUT2D eigenvalue weighted by Crippen LogP contribution is -2.59. The van der Waals surface area contributed by atoms with Crippen LogP contribution < -0.4 is 15.0 Å². The van der Waals surface area contributed by atoms with Gasteiger partial charge in [0.2, 0.25) is 5.88 Å². The van der Waals surface area contributed by atoms with Gasteiger partial charge in [-0.2, -0.15) is 11.8 Å². The maximum atomic E-state index is 13.3. The number of nitrogens with zero attached hydrogens (tertiary/aromatic N) is 2. The van der Waals surface area contributed by atoms with E-state index in [0.29, 0.717) is 29.7 Å². The first-order valence-electron chi connectivity index (χ1n) is 10.1. The number of thioether (sulfide) groups is 1. The van der Waals surface area contributed by atoms with Gasteiger partial charge in [-0.1, -0.05) is 0 Å². The molecular weight excluding hydrogens is 416 g/mol. The molecule has 3 heterocycles. The minimum absolute atomic E-state index is 0.103. The monoisotopic (exact) mass is 441 g/mol. The van der Waals surface area contributed by atoms with E-state index in [9.17, 15) is 18.4 Å². The number of pyridine rings is 1. The van der Waals surface area contributed by atoms with Crippen molar-refractivity contribution in [2.45, 2.75) is 37.6 Å². The fraction of sp³-hybridized carbons (Fsp3) is 0.650. The number of hydrogen-bond acceptors (Lipinski definition) is 7. The molecule has 0 aromatic carbocycles.